The van der Waals surface area contributed by atoms with Gasteiger partial charge in [0, 0.05) is 14.2 Å². The van der Waals surface area contributed by atoms with Crippen LogP contribution in [-0.2, 0) is 9.47 Å². The molecule has 0 fully saturated rings. The Bertz CT molecular complexity index is 1110. The predicted octanol–water partition coefficient (Wildman–Crippen LogP) is 3.07. The second kappa shape index (κ2) is 11.1. The van der Waals surface area contributed by atoms with Gasteiger partial charge >= 0.3 is 192 Å². The molecular weight excluding hydrogens is 541 g/mol. The van der Waals surface area contributed by atoms with Crippen molar-refractivity contribution in [2.75, 3.05) is 59.6 Å². The third-order valence-electron chi connectivity index (χ3n) is 5.79. The third kappa shape index (κ3) is 5.41. The molecule has 0 aliphatic heterocycles. The van der Waals surface area contributed by atoms with Crippen molar-refractivity contribution in [2.45, 2.75) is 28.7 Å². The van der Waals surface area contributed by atoms with Gasteiger partial charge in [-0.25, -0.2) is 0 Å². The summed E-state index contributed by atoms with van der Waals surface area (Å²) in [5, 5.41) is 4.86. The van der Waals surface area contributed by atoms with Crippen molar-refractivity contribution >= 4 is 33.6 Å². The van der Waals surface area contributed by atoms with Crippen LogP contribution in [-0.4, -0.2) is 92.7 Å². The van der Waals surface area contributed by atoms with Gasteiger partial charge in [-0.3, -0.25) is 0 Å². The van der Waals surface area contributed by atoms with Gasteiger partial charge in [-0.15, -0.1) is 0 Å². The molecule has 0 aliphatic carbocycles. The van der Waals surface area contributed by atoms with Crippen molar-refractivity contribution in [2.24, 2.45) is 0 Å². The maximum atomic E-state index is 5.90. The molecule has 9 nitrogen and oxygen atoms in total. The van der Waals surface area contributed by atoms with E-state index in [1.807, 2.05) is 13.8 Å². The molecule has 0 radical (unpaired) electrons. The molecule has 0 saturated carbocycles. The van der Waals surface area contributed by atoms with Crippen LogP contribution < -0.4 is 18.0 Å². The Morgan fingerprint density at radius 1 is 0.853 bits per heavy atom. The van der Waals surface area contributed by atoms with E-state index in [0.717, 1.165) is 28.3 Å². The molecular formula is C24H37N5O4Sn. The number of fused-ring (bicyclic) bond motifs is 1. The molecule has 10 heteroatoms. The number of ether oxygens (including phenoxy) is 4. The van der Waals surface area contributed by atoms with Crippen LogP contribution in [0.4, 0.5) is 5.95 Å². The van der Waals surface area contributed by atoms with Gasteiger partial charge in [0.05, 0.1) is 0 Å². The number of nitrogens with zero attached hydrogens (tertiary/aromatic N) is 5. The van der Waals surface area contributed by atoms with E-state index in [0.29, 0.717) is 43.7 Å². The predicted molar refractivity (Wildman–Crippen MR) is 138 cm³/mol. The number of rotatable bonds is 11. The Morgan fingerprint density at radius 3 is 1.88 bits per heavy atom. The SMILES string of the molecule is COCCN(CCOC)c1nc(C)nc2c(-c3c(OC)c[c]([Sn]([CH3])([CH3])[CH3])cc3OC)c(C)nn12. The van der Waals surface area contributed by atoms with Gasteiger partial charge in [-0.1, -0.05) is 0 Å². The van der Waals surface area contributed by atoms with Crippen molar-refractivity contribution in [1.29, 1.82) is 0 Å². The van der Waals surface area contributed by atoms with E-state index in [9.17, 15) is 0 Å². The zero-order chi connectivity index (χ0) is 25.0. The normalized spacial score (nSPS) is 11.8. The molecule has 34 heavy (non-hydrogen) atoms. The van der Waals surface area contributed by atoms with Crippen LogP contribution >= 0.6 is 0 Å². The van der Waals surface area contributed by atoms with E-state index >= 15 is 0 Å². The van der Waals surface area contributed by atoms with Crippen molar-refractivity contribution in [3.05, 3.63) is 23.7 Å². The Morgan fingerprint density at radius 2 is 1.41 bits per heavy atom. The summed E-state index contributed by atoms with van der Waals surface area (Å²) in [5.74, 6) is 2.90. The van der Waals surface area contributed by atoms with Gasteiger partial charge in [-0.05, 0) is 0 Å². The van der Waals surface area contributed by atoms with Crippen LogP contribution in [0.3, 0.4) is 0 Å². The Balaban J connectivity index is 2.29. The van der Waals surface area contributed by atoms with E-state index < -0.39 is 18.4 Å². The van der Waals surface area contributed by atoms with Gasteiger partial charge in [-0.2, -0.15) is 0 Å². The molecule has 0 unspecified atom stereocenters. The fraction of sp³-hybridized carbons (Fsp3) is 0.542. The molecule has 3 aromatic rings. The quantitative estimate of drug-likeness (QED) is 0.322. The van der Waals surface area contributed by atoms with E-state index in [1.54, 1.807) is 33.0 Å². The summed E-state index contributed by atoms with van der Waals surface area (Å²) in [5.41, 5.74) is 3.28. The summed E-state index contributed by atoms with van der Waals surface area (Å²) in [6, 6.07) is 4.32. The molecule has 0 N–H and O–H groups in total. The van der Waals surface area contributed by atoms with E-state index in [4.69, 9.17) is 34.0 Å². The number of benzene rings is 1. The molecule has 0 atom stereocenters. The second-order valence-electron chi connectivity index (χ2n) is 9.25. The first-order chi connectivity index (χ1) is 16.2. The molecule has 0 amide bonds. The van der Waals surface area contributed by atoms with Crippen molar-refractivity contribution in [3.8, 4) is 22.6 Å². The topological polar surface area (TPSA) is 83.2 Å². The second-order valence-corrected chi connectivity index (χ2v) is 23.7. The molecule has 2 aromatic heterocycles. The number of hydrogen-bond donors (Lipinski definition) is 0. The summed E-state index contributed by atoms with van der Waals surface area (Å²) in [7, 11) is 6.78. The van der Waals surface area contributed by atoms with Gasteiger partial charge in [0.15, 0.2) is 0 Å². The molecule has 186 valence electrons. The summed E-state index contributed by atoms with van der Waals surface area (Å²) in [4.78, 5) is 18.8. The first-order valence-electron chi connectivity index (χ1n) is 11.4. The molecule has 0 saturated heterocycles. The molecule has 0 spiro atoms. The number of aromatic nitrogens is 4. The van der Waals surface area contributed by atoms with E-state index in [-0.39, 0.29) is 0 Å². The Labute approximate surface area is 206 Å². The van der Waals surface area contributed by atoms with Gasteiger partial charge < -0.3 is 0 Å². The zero-order valence-electron chi connectivity index (χ0n) is 21.9. The van der Waals surface area contributed by atoms with Crippen LogP contribution in [0.5, 0.6) is 11.5 Å². The fourth-order valence-electron chi connectivity index (χ4n) is 3.93. The van der Waals surface area contributed by atoms with Crippen LogP contribution in [0.1, 0.15) is 11.5 Å². The monoisotopic (exact) mass is 579 g/mol. The number of anilines is 1. The average molecular weight is 578 g/mol. The van der Waals surface area contributed by atoms with Crippen molar-refractivity contribution in [1.82, 2.24) is 19.6 Å². The molecule has 2 heterocycles. The first kappa shape index (κ1) is 26.5. The molecule has 0 aliphatic rings. The summed E-state index contributed by atoms with van der Waals surface area (Å²) >= 11 is -2.38. The third-order valence-corrected chi connectivity index (χ3v) is 11.6. The van der Waals surface area contributed by atoms with Crippen molar-refractivity contribution in [3.63, 3.8) is 0 Å². The summed E-state index contributed by atoms with van der Waals surface area (Å²) in [6.45, 7) is 6.30. The number of aryl methyl sites for hydroxylation is 2. The number of hydrogen-bond acceptors (Lipinski definition) is 8. The molecule has 0 bridgehead atoms. The molecule has 1 aromatic carbocycles. The average Bonchev–Trinajstić information content (AvgIpc) is 3.12. The maximum absolute atomic E-state index is 5.90. The Kier molecular flexibility index (Phi) is 8.64. The van der Waals surface area contributed by atoms with Crippen molar-refractivity contribution < 1.29 is 18.9 Å². The van der Waals surface area contributed by atoms with Crippen LogP contribution in [0.2, 0.25) is 14.8 Å². The Hall–Kier alpha value is -2.11. The van der Waals surface area contributed by atoms with Gasteiger partial charge in [0.25, 0.3) is 0 Å². The standard InChI is InChI=1S/C21H28N5O4.3CH3.Sn/c1-14-18(19-16(29-5)8-7-9-17(19)30-6)20-22-15(2)23-21(26(20)24-14)25(10-12-27-3)11-13-28-4;;;;/h8-9H,10-13H2,1-6H3;3*1H3;. The minimum atomic E-state index is -2.38. The fourth-order valence-corrected chi connectivity index (χ4v) is 7.15. The number of methoxy groups -OCH3 is 4. The van der Waals surface area contributed by atoms with Gasteiger partial charge in [0.1, 0.15) is 0 Å². The van der Waals surface area contributed by atoms with Crippen LogP contribution in [0.25, 0.3) is 16.8 Å². The minimum absolute atomic E-state index is 0.559. The van der Waals surface area contributed by atoms with E-state index in [1.165, 1.54) is 3.58 Å². The van der Waals surface area contributed by atoms with Crippen LogP contribution in [0.15, 0.2) is 12.1 Å². The first-order valence-corrected chi connectivity index (χ1v) is 21.4. The van der Waals surface area contributed by atoms with Gasteiger partial charge in [0.2, 0.25) is 0 Å². The van der Waals surface area contributed by atoms with Crippen LogP contribution in [0, 0.1) is 13.8 Å². The zero-order valence-corrected chi connectivity index (χ0v) is 24.7. The summed E-state index contributed by atoms with van der Waals surface area (Å²) < 4.78 is 25.6. The molecule has 3 rings (SSSR count). The van der Waals surface area contributed by atoms with E-state index in [2.05, 4.69) is 31.9 Å². The summed E-state index contributed by atoms with van der Waals surface area (Å²) in [6.07, 6.45) is 0.